The predicted octanol–water partition coefficient (Wildman–Crippen LogP) is 4.38. The first-order valence-corrected chi connectivity index (χ1v) is 9.49. The van der Waals surface area contributed by atoms with E-state index < -0.39 is 0 Å². The number of carbonyl (C=O) groups excluding carboxylic acids is 2. The molecule has 4 nitrogen and oxygen atoms in total. The van der Waals surface area contributed by atoms with Crippen molar-refractivity contribution in [2.75, 3.05) is 24.5 Å². The molecule has 1 aliphatic heterocycles. The maximum Gasteiger partial charge on any atom is 0.253 e. The van der Waals surface area contributed by atoms with Gasteiger partial charge in [0, 0.05) is 35.9 Å². The standard InChI is InChI=1S/C21H22ClFN2O2/c1-2-25(19-11-9-18(23)10-12-19)21(27)16-4-3-13-24(14-16)20(26)15-5-7-17(22)8-6-15/h5-12,16H,2-4,13-14H2,1H3. The summed E-state index contributed by atoms with van der Waals surface area (Å²) in [5.41, 5.74) is 1.24. The van der Waals surface area contributed by atoms with Crippen molar-refractivity contribution in [1.82, 2.24) is 4.90 Å². The molecular weight excluding hydrogens is 367 g/mol. The minimum absolute atomic E-state index is 0.0299. The third-order valence-corrected chi connectivity index (χ3v) is 5.12. The zero-order valence-electron chi connectivity index (χ0n) is 15.2. The molecule has 3 rings (SSSR count). The van der Waals surface area contributed by atoms with Crippen LogP contribution in [0.5, 0.6) is 0 Å². The Hall–Kier alpha value is -2.40. The van der Waals surface area contributed by atoms with Crippen LogP contribution in [0.15, 0.2) is 48.5 Å². The second-order valence-electron chi connectivity index (χ2n) is 6.66. The van der Waals surface area contributed by atoms with Crippen LogP contribution < -0.4 is 4.90 Å². The van der Waals surface area contributed by atoms with Gasteiger partial charge in [0.1, 0.15) is 5.82 Å². The van der Waals surface area contributed by atoms with E-state index in [1.807, 2.05) is 6.92 Å². The van der Waals surface area contributed by atoms with Gasteiger partial charge in [0.25, 0.3) is 5.91 Å². The van der Waals surface area contributed by atoms with E-state index >= 15 is 0 Å². The van der Waals surface area contributed by atoms with Crippen LogP contribution in [0.4, 0.5) is 10.1 Å². The van der Waals surface area contributed by atoms with Gasteiger partial charge in [-0.3, -0.25) is 9.59 Å². The number of benzene rings is 2. The molecule has 2 aromatic rings. The molecule has 1 fully saturated rings. The number of carbonyl (C=O) groups is 2. The Morgan fingerprint density at radius 3 is 2.44 bits per heavy atom. The number of hydrogen-bond donors (Lipinski definition) is 0. The lowest BCUT2D eigenvalue weighted by Gasteiger charge is -2.35. The second-order valence-corrected chi connectivity index (χ2v) is 7.09. The monoisotopic (exact) mass is 388 g/mol. The zero-order chi connectivity index (χ0) is 19.4. The molecular formula is C21H22ClFN2O2. The Bertz CT molecular complexity index is 808. The van der Waals surface area contributed by atoms with E-state index in [0.717, 1.165) is 12.8 Å². The van der Waals surface area contributed by atoms with Gasteiger partial charge in [-0.15, -0.1) is 0 Å². The summed E-state index contributed by atoms with van der Waals surface area (Å²) in [5.74, 6) is -0.716. The van der Waals surface area contributed by atoms with Crippen LogP contribution in [0, 0.1) is 11.7 Å². The van der Waals surface area contributed by atoms with Crippen molar-refractivity contribution in [3.63, 3.8) is 0 Å². The highest BCUT2D eigenvalue weighted by molar-refractivity contribution is 6.30. The molecule has 0 aliphatic carbocycles. The van der Waals surface area contributed by atoms with E-state index in [0.29, 0.717) is 35.9 Å². The summed E-state index contributed by atoms with van der Waals surface area (Å²) in [7, 11) is 0. The second kappa shape index (κ2) is 8.53. The average Bonchev–Trinajstić information content (AvgIpc) is 2.70. The SMILES string of the molecule is CCN(C(=O)C1CCCN(C(=O)c2ccc(Cl)cc2)C1)c1ccc(F)cc1. The van der Waals surface area contributed by atoms with Gasteiger partial charge in [-0.1, -0.05) is 11.6 Å². The molecule has 0 saturated carbocycles. The summed E-state index contributed by atoms with van der Waals surface area (Å²) in [6, 6.07) is 12.7. The smallest absolute Gasteiger partial charge is 0.253 e. The minimum Gasteiger partial charge on any atom is -0.338 e. The summed E-state index contributed by atoms with van der Waals surface area (Å²) in [4.78, 5) is 29.2. The van der Waals surface area contributed by atoms with Crippen LogP contribution in [-0.4, -0.2) is 36.3 Å². The van der Waals surface area contributed by atoms with Crippen molar-refractivity contribution >= 4 is 29.1 Å². The summed E-state index contributed by atoms with van der Waals surface area (Å²) >= 11 is 5.89. The lowest BCUT2D eigenvalue weighted by molar-refractivity contribution is -0.123. The molecule has 1 heterocycles. The molecule has 0 radical (unpaired) electrons. The number of likely N-dealkylation sites (tertiary alicyclic amines) is 1. The molecule has 1 unspecified atom stereocenters. The molecule has 0 bridgehead atoms. The maximum absolute atomic E-state index is 13.2. The highest BCUT2D eigenvalue weighted by Gasteiger charge is 2.31. The van der Waals surface area contributed by atoms with Crippen molar-refractivity contribution < 1.29 is 14.0 Å². The van der Waals surface area contributed by atoms with Gasteiger partial charge in [-0.05, 0) is 68.3 Å². The fraction of sp³-hybridized carbons (Fsp3) is 0.333. The Kier molecular flexibility index (Phi) is 6.11. The van der Waals surface area contributed by atoms with E-state index in [2.05, 4.69) is 0 Å². The van der Waals surface area contributed by atoms with E-state index in [1.54, 1.807) is 46.2 Å². The topological polar surface area (TPSA) is 40.6 Å². The normalized spacial score (nSPS) is 16.9. The largest absolute Gasteiger partial charge is 0.338 e. The first kappa shape index (κ1) is 19.4. The fourth-order valence-corrected chi connectivity index (χ4v) is 3.57. The van der Waals surface area contributed by atoms with Crippen LogP contribution in [0.2, 0.25) is 5.02 Å². The van der Waals surface area contributed by atoms with Crippen LogP contribution in [-0.2, 0) is 4.79 Å². The zero-order valence-corrected chi connectivity index (χ0v) is 16.0. The number of piperidine rings is 1. The summed E-state index contributed by atoms with van der Waals surface area (Å²) in [5, 5.41) is 0.580. The number of nitrogens with zero attached hydrogens (tertiary/aromatic N) is 2. The molecule has 6 heteroatoms. The summed E-state index contributed by atoms with van der Waals surface area (Å²) < 4.78 is 13.2. The van der Waals surface area contributed by atoms with E-state index in [-0.39, 0.29) is 23.5 Å². The Labute approximate surface area is 163 Å². The molecule has 142 valence electrons. The number of amides is 2. The lowest BCUT2D eigenvalue weighted by Crippen LogP contribution is -2.47. The third kappa shape index (κ3) is 4.48. The quantitative estimate of drug-likeness (QED) is 0.779. The van der Waals surface area contributed by atoms with E-state index in [4.69, 9.17) is 11.6 Å². The van der Waals surface area contributed by atoms with Gasteiger partial charge in [-0.25, -0.2) is 4.39 Å². The Morgan fingerprint density at radius 1 is 1.15 bits per heavy atom. The molecule has 2 aromatic carbocycles. The Morgan fingerprint density at radius 2 is 1.81 bits per heavy atom. The first-order chi connectivity index (χ1) is 13.0. The molecule has 1 aliphatic rings. The van der Waals surface area contributed by atoms with Gasteiger partial charge in [0.2, 0.25) is 5.91 Å². The van der Waals surface area contributed by atoms with Crippen LogP contribution in [0.25, 0.3) is 0 Å². The Balaban J connectivity index is 1.72. The third-order valence-electron chi connectivity index (χ3n) is 4.87. The number of rotatable bonds is 4. The summed E-state index contributed by atoms with van der Waals surface area (Å²) in [6.07, 6.45) is 1.51. The van der Waals surface area contributed by atoms with Crippen LogP contribution >= 0.6 is 11.6 Å². The van der Waals surface area contributed by atoms with Gasteiger partial charge < -0.3 is 9.80 Å². The molecule has 2 amide bonds. The van der Waals surface area contributed by atoms with Gasteiger partial charge >= 0.3 is 0 Å². The summed E-state index contributed by atoms with van der Waals surface area (Å²) in [6.45, 7) is 3.40. The number of halogens is 2. The molecule has 0 N–H and O–H groups in total. The fourth-order valence-electron chi connectivity index (χ4n) is 3.45. The van der Waals surface area contributed by atoms with Crippen molar-refractivity contribution in [2.24, 2.45) is 5.92 Å². The average molecular weight is 389 g/mol. The van der Waals surface area contributed by atoms with Crippen molar-refractivity contribution in [3.05, 3.63) is 64.9 Å². The number of hydrogen-bond acceptors (Lipinski definition) is 2. The molecule has 27 heavy (non-hydrogen) atoms. The molecule has 0 spiro atoms. The van der Waals surface area contributed by atoms with Gasteiger partial charge in [0.05, 0.1) is 5.92 Å². The van der Waals surface area contributed by atoms with Crippen molar-refractivity contribution in [3.8, 4) is 0 Å². The molecule has 1 saturated heterocycles. The molecule has 1 atom stereocenters. The van der Waals surface area contributed by atoms with Gasteiger partial charge in [0.15, 0.2) is 0 Å². The van der Waals surface area contributed by atoms with Gasteiger partial charge in [-0.2, -0.15) is 0 Å². The van der Waals surface area contributed by atoms with E-state index in [9.17, 15) is 14.0 Å². The first-order valence-electron chi connectivity index (χ1n) is 9.11. The van der Waals surface area contributed by atoms with Crippen LogP contribution in [0.3, 0.4) is 0 Å². The predicted molar refractivity (Wildman–Crippen MR) is 105 cm³/mol. The minimum atomic E-state index is -0.334. The highest BCUT2D eigenvalue weighted by Crippen LogP contribution is 2.24. The van der Waals surface area contributed by atoms with E-state index in [1.165, 1.54) is 12.1 Å². The highest BCUT2D eigenvalue weighted by atomic mass is 35.5. The number of anilines is 1. The maximum atomic E-state index is 13.2. The lowest BCUT2D eigenvalue weighted by atomic mass is 9.95. The van der Waals surface area contributed by atoms with Crippen LogP contribution in [0.1, 0.15) is 30.1 Å². The molecule has 0 aromatic heterocycles. The van der Waals surface area contributed by atoms with Crippen molar-refractivity contribution in [1.29, 1.82) is 0 Å². The van der Waals surface area contributed by atoms with Crippen molar-refractivity contribution in [2.45, 2.75) is 19.8 Å².